The van der Waals surface area contributed by atoms with Crippen LogP contribution in [0.5, 0.6) is 0 Å². The van der Waals surface area contributed by atoms with E-state index in [2.05, 4.69) is 5.32 Å². The van der Waals surface area contributed by atoms with E-state index in [1.54, 1.807) is 20.8 Å². The maximum absolute atomic E-state index is 9.90. The summed E-state index contributed by atoms with van der Waals surface area (Å²) in [5.74, 6) is 0. The second-order valence-corrected chi connectivity index (χ2v) is 5.66. The molecule has 0 rings (SSSR count). The standard InChI is InChI=1S/C11H25NO3/c1-9(2,10(3,4)15)12-6-11(5,7-13)8-14/h12-15H,6-8H2,1-5H3. The van der Waals surface area contributed by atoms with Crippen LogP contribution in [0.2, 0.25) is 0 Å². The lowest BCUT2D eigenvalue weighted by molar-refractivity contribution is -0.0171. The summed E-state index contributed by atoms with van der Waals surface area (Å²) in [6.45, 7) is 9.32. The van der Waals surface area contributed by atoms with E-state index in [1.165, 1.54) is 0 Å². The second kappa shape index (κ2) is 4.78. The van der Waals surface area contributed by atoms with Crippen molar-refractivity contribution in [2.45, 2.75) is 45.8 Å². The molecule has 4 N–H and O–H groups in total. The number of hydrogen-bond acceptors (Lipinski definition) is 4. The van der Waals surface area contributed by atoms with Crippen molar-refractivity contribution in [3.63, 3.8) is 0 Å². The number of nitrogens with one attached hydrogen (secondary N) is 1. The van der Waals surface area contributed by atoms with Crippen LogP contribution in [0.3, 0.4) is 0 Å². The summed E-state index contributed by atoms with van der Waals surface area (Å²) in [5, 5.41) is 31.3. The zero-order valence-electron chi connectivity index (χ0n) is 10.5. The summed E-state index contributed by atoms with van der Waals surface area (Å²) in [5.41, 5.74) is -1.89. The molecular weight excluding hydrogens is 194 g/mol. The topological polar surface area (TPSA) is 72.7 Å². The van der Waals surface area contributed by atoms with Crippen LogP contribution in [0.4, 0.5) is 0 Å². The number of rotatable bonds is 6. The number of aliphatic hydroxyl groups is 3. The van der Waals surface area contributed by atoms with Crippen LogP contribution in [0.25, 0.3) is 0 Å². The molecule has 0 aliphatic carbocycles. The molecule has 0 bridgehead atoms. The van der Waals surface area contributed by atoms with Crippen molar-refractivity contribution in [3.8, 4) is 0 Å². The molecule has 0 fully saturated rings. The first-order chi connectivity index (χ1) is 6.58. The van der Waals surface area contributed by atoms with Crippen molar-refractivity contribution in [3.05, 3.63) is 0 Å². The third kappa shape index (κ3) is 4.07. The van der Waals surface area contributed by atoms with Gasteiger partial charge in [-0.3, -0.25) is 0 Å². The van der Waals surface area contributed by atoms with Crippen LogP contribution in [0.1, 0.15) is 34.6 Å². The summed E-state index contributed by atoms with van der Waals surface area (Å²) in [6.07, 6.45) is 0. The second-order valence-electron chi connectivity index (χ2n) is 5.66. The van der Waals surface area contributed by atoms with E-state index in [4.69, 9.17) is 10.2 Å². The monoisotopic (exact) mass is 219 g/mol. The van der Waals surface area contributed by atoms with Gasteiger partial charge in [-0.2, -0.15) is 0 Å². The Morgan fingerprint density at radius 2 is 1.33 bits per heavy atom. The number of aliphatic hydroxyl groups excluding tert-OH is 2. The van der Waals surface area contributed by atoms with Crippen molar-refractivity contribution >= 4 is 0 Å². The lowest BCUT2D eigenvalue weighted by atomic mass is 9.84. The molecular formula is C11H25NO3. The van der Waals surface area contributed by atoms with Gasteiger partial charge in [-0.15, -0.1) is 0 Å². The first-order valence-corrected chi connectivity index (χ1v) is 5.27. The molecule has 4 nitrogen and oxygen atoms in total. The lowest BCUT2D eigenvalue weighted by Gasteiger charge is -2.40. The first-order valence-electron chi connectivity index (χ1n) is 5.27. The minimum absolute atomic E-state index is 0.0849. The van der Waals surface area contributed by atoms with Gasteiger partial charge in [0.25, 0.3) is 0 Å². The first kappa shape index (κ1) is 14.8. The molecule has 0 heterocycles. The molecule has 0 atom stereocenters. The van der Waals surface area contributed by atoms with Crippen LogP contribution in [0, 0.1) is 5.41 Å². The molecule has 0 spiro atoms. The molecule has 0 aliphatic rings. The Hall–Kier alpha value is -0.160. The highest BCUT2D eigenvalue weighted by Crippen LogP contribution is 2.22. The largest absolute Gasteiger partial charge is 0.396 e. The van der Waals surface area contributed by atoms with Crippen LogP contribution in [-0.2, 0) is 0 Å². The summed E-state index contributed by atoms with van der Waals surface area (Å²) >= 11 is 0. The maximum atomic E-state index is 9.90. The van der Waals surface area contributed by atoms with Gasteiger partial charge in [-0.05, 0) is 27.7 Å². The van der Waals surface area contributed by atoms with E-state index in [0.29, 0.717) is 6.54 Å². The van der Waals surface area contributed by atoms with Crippen LogP contribution in [-0.4, -0.2) is 46.2 Å². The fraction of sp³-hybridized carbons (Fsp3) is 1.00. The molecule has 0 radical (unpaired) electrons. The fourth-order valence-electron chi connectivity index (χ4n) is 0.812. The molecule has 0 unspecified atom stereocenters. The van der Waals surface area contributed by atoms with E-state index >= 15 is 0 Å². The van der Waals surface area contributed by atoms with Gasteiger partial charge in [0, 0.05) is 17.5 Å². The van der Waals surface area contributed by atoms with Crippen molar-refractivity contribution in [1.29, 1.82) is 0 Å². The maximum Gasteiger partial charge on any atom is 0.0767 e. The summed E-state index contributed by atoms with van der Waals surface area (Å²) in [6, 6.07) is 0. The molecule has 92 valence electrons. The van der Waals surface area contributed by atoms with Gasteiger partial charge in [-0.25, -0.2) is 0 Å². The SMILES string of the molecule is CC(CO)(CO)CNC(C)(C)C(C)(C)O. The Morgan fingerprint density at radius 3 is 1.60 bits per heavy atom. The molecule has 0 aromatic carbocycles. The molecule has 0 aliphatic heterocycles. The van der Waals surface area contributed by atoms with Crippen molar-refractivity contribution in [2.24, 2.45) is 5.41 Å². The highest BCUT2D eigenvalue weighted by molar-refractivity contribution is 4.94. The van der Waals surface area contributed by atoms with Gasteiger partial charge in [-0.1, -0.05) is 6.92 Å². The average molecular weight is 219 g/mol. The smallest absolute Gasteiger partial charge is 0.0767 e. The third-order valence-corrected chi connectivity index (χ3v) is 3.25. The highest BCUT2D eigenvalue weighted by atomic mass is 16.3. The van der Waals surface area contributed by atoms with Crippen molar-refractivity contribution in [2.75, 3.05) is 19.8 Å². The van der Waals surface area contributed by atoms with Crippen LogP contribution >= 0.6 is 0 Å². The van der Waals surface area contributed by atoms with E-state index in [-0.39, 0.29) is 13.2 Å². The Morgan fingerprint density at radius 1 is 0.933 bits per heavy atom. The van der Waals surface area contributed by atoms with Gasteiger partial charge in [0.15, 0.2) is 0 Å². The molecule has 0 amide bonds. The van der Waals surface area contributed by atoms with Gasteiger partial charge >= 0.3 is 0 Å². The van der Waals surface area contributed by atoms with Gasteiger partial charge < -0.3 is 20.6 Å². The van der Waals surface area contributed by atoms with E-state index in [9.17, 15) is 5.11 Å². The molecule has 0 saturated heterocycles. The molecule has 0 aromatic heterocycles. The quantitative estimate of drug-likeness (QED) is 0.512. The van der Waals surface area contributed by atoms with E-state index in [0.717, 1.165) is 0 Å². The molecule has 0 aromatic rings. The Kier molecular flexibility index (Phi) is 4.73. The molecule has 0 saturated carbocycles. The zero-order valence-corrected chi connectivity index (χ0v) is 10.5. The summed E-state index contributed by atoms with van der Waals surface area (Å²) in [4.78, 5) is 0. The Bertz CT molecular complexity index is 192. The van der Waals surface area contributed by atoms with Crippen molar-refractivity contribution in [1.82, 2.24) is 5.32 Å². The summed E-state index contributed by atoms with van der Waals surface area (Å²) < 4.78 is 0. The minimum atomic E-state index is -0.862. The predicted octanol–water partition coefficient (Wildman–Crippen LogP) is 0.116. The Balaban J connectivity index is 4.38. The normalized spacial score (nSPS) is 14.4. The predicted molar refractivity (Wildman–Crippen MR) is 60.7 cm³/mol. The van der Waals surface area contributed by atoms with Crippen LogP contribution in [0.15, 0.2) is 0 Å². The Labute approximate surface area is 92.3 Å². The van der Waals surface area contributed by atoms with Crippen LogP contribution < -0.4 is 5.32 Å². The fourth-order valence-corrected chi connectivity index (χ4v) is 0.812. The van der Waals surface area contributed by atoms with Gasteiger partial charge in [0.05, 0.1) is 18.8 Å². The lowest BCUT2D eigenvalue weighted by Crippen LogP contribution is -2.58. The van der Waals surface area contributed by atoms with Gasteiger partial charge in [0.1, 0.15) is 0 Å². The minimum Gasteiger partial charge on any atom is -0.396 e. The molecule has 15 heavy (non-hydrogen) atoms. The zero-order chi connectivity index (χ0) is 12.3. The average Bonchev–Trinajstić information content (AvgIpc) is 2.13. The molecule has 4 heteroatoms. The van der Waals surface area contributed by atoms with E-state index in [1.807, 2.05) is 13.8 Å². The van der Waals surface area contributed by atoms with Crippen molar-refractivity contribution < 1.29 is 15.3 Å². The van der Waals surface area contributed by atoms with Gasteiger partial charge in [0.2, 0.25) is 0 Å². The highest BCUT2D eigenvalue weighted by Gasteiger charge is 2.36. The summed E-state index contributed by atoms with van der Waals surface area (Å²) in [7, 11) is 0. The third-order valence-electron chi connectivity index (χ3n) is 3.25. The number of hydrogen-bond donors (Lipinski definition) is 4. The van der Waals surface area contributed by atoms with E-state index < -0.39 is 16.6 Å².